The van der Waals surface area contributed by atoms with Gasteiger partial charge >= 0.3 is 0 Å². The summed E-state index contributed by atoms with van der Waals surface area (Å²) in [6.45, 7) is 8.51. The number of carbonyl (C=O) groups excluding carboxylic acids is 1. The van der Waals surface area contributed by atoms with Gasteiger partial charge in [-0.25, -0.2) is 0 Å². The van der Waals surface area contributed by atoms with Crippen LogP contribution >= 0.6 is 0 Å². The molecule has 29 heavy (non-hydrogen) atoms. The molecule has 0 radical (unpaired) electrons. The van der Waals surface area contributed by atoms with E-state index < -0.39 is 0 Å². The number of hydrogen-bond donors (Lipinski definition) is 0. The monoisotopic (exact) mass is 401 g/mol. The average Bonchev–Trinajstić information content (AvgIpc) is 2.76. The van der Waals surface area contributed by atoms with Crippen LogP contribution in [0.4, 0.5) is 0 Å². The molecule has 0 saturated carbocycles. The Hall–Kier alpha value is -1.31. The quantitative estimate of drug-likeness (QED) is 0.227. The minimum atomic E-state index is 0.226. The van der Waals surface area contributed by atoms with Gasteiger partial charge in [0.1, 0.15) is 0 Å². The van der Waals surface area contributed by atoms with E-state index >= 15 is 0 Å². The van der Waals surface area contributed by atoms with Gasteiger partial charge in [0.05, 0.1) is 0 Å². The van der Waals surface area contributed by atoms with Gasteiger partial charge in [-0.15, -0.1) is 0 Å². The van der Waals surface area contributed by atoms with Crippen LogP contribution in [-0.4, -0.2) is 23.9 Å². The van der Waals surface area contributed by atoms with Gasteiger partial charge in [-0.1, -0.05) is 110 Å². The van der Waals surface area contributed by atoms with Crippen molar-refractivity contribution in [2.75, 3.05) is 13.1 Å². The van der Waals surface area contributed by atoms with E-state index in [4.69, 9.17) is 0 Å². The van der Waals surface area contributed by atoms with E-state index in [0.29, 0.717) is 0 Å². The highest BCUT2D eigenvalue weighted by Gasteiger charge is 2.15. The molecule has 0 heterocycles. The molecule has 0 aromatic heterocycles. The molecule has 0 unspecified atom stereocenters. The van der Waals surface area contributed by atoms with E-state index in [1.807, 2.05) is 12.1 Å². The molecule has 0 bridgehead atoms. The first-order valence-corrected chi connectivity index (χ1v) is 12.6. The number of carbonyl (C=O) groups is 1. The molecule has 0 spiro atoms. The van der Waals surface area contributed by atoms with Gasteiger partial charge in [-0.3, -0.25) is 4.79 Å². The number of unbranched alkanes of at least 4 members (excludes halogenated alkanes) is 12. The number of aryl methyl sites for hydroxylation is 1. The molecule has 1 aromatic carbocycles. The maximum atomic E-state index is 13.1. The predicted octanol–water partition coefficient (Wildman–Crippen LogP) is 8.19. The first-order valence-electron chi connectivity index (χ1n) is 12.6. The number of amides is 1. The van der Waals surface area contributed by atoms with E-state index in [-0.39, 0.29) is 5.91 Å². The van der Waals surface area contributed by atoms with E-state index in [1.165, 1.54) is 82.6 Å². The Bertz CT molecular complexity index is 490. The van der Waals surface area contributed by atoms with Gasteiger partial charge in [0, 0.05) is 18.7 Å². The van der Waals surface area contributed by atoms with E-state index in [9.17, 15) is 4.79 Å². The van der Waals surface area contributed by atoms with Crippen LogP contribution in [0.3, 0.4) is 0 Å². The summed E-state index contributed by atoms with van der Waals surface area (Å²) >= 11 is 0. The van der Waals surface area contributed by atoms with E-state index in [2.05, 4.69) is 37.8 Å². The Labute approximate surface area is 181 Å². The molecule has 0 aliphatic heterocycles. The Morgan fingerprint density at radius 3 is 1.45 bits per heavy atom. The zero-order chi connectivity index (χ0) is 21.2. The van der Waals surface area contributed by atoms with Crippen LogP contribution in [0.2, 0.25) is 0 Å². The van der Waals surface area contributed by atoms with Gasteiger partial charge in [-0.2, -0.15) is 0 Å². The standard InChI is InChI=1S/C27H47NO/c1-4-7-9-11-13-15-17-23-28(24-18-16-14-12-10-8-5-2)27(29)26-21-19-25(6-3)20-22-26/h19-22H,4-18,23-24H2,1-3H3. The molecule has 0 fully saturated rings. The van der Waals surface area contributed by atoms with Crippen LogP contribution in [0.5, 0.6) is 0 Å². The van der Waals surface area contributed by atoms with Crippen molar-refractivity contribution in [2.45, 2.75) is 117 Å². The number of nitrogens with zero attached hydrogens (tertiary/aromatic N) is 1. The molecule has 0 aliphatic carbocycles. The second-order valence-electron chi connectivity index (χ2n) is 8.59. The Kier molecular flexibility index (Phi) is 15.6. The van der Waals surface area contributed by atoms with E-state index in [0.717, 1.165) is 37.9 Å². The Balaban J connectivity index is 2.45. The van der Waals surface area contributed by atoms with Crippen molar-refractivity contribution >= 4 is 5.91 Å². The van der Waals surface area contributed by atoms with Crippen LogP contribution in [-0.2, 0) is 6.42 Å². The molecule has 0 atom stereocenters. The fourth-order valence-electron chi connectivity index (χ4n) is 3.90. The van der Waals surface area contributed by atoms with Crippen molar-refractivity contribution in [3.8, 4) is 0 Å². The lowest BCUT2D eigenvalue weighted by atomic mass is 10.1. The predicted molar refractivity (Wildman–Crippen MR) is 128 cm³/mol. The molecule has 1 aromatic rings. The molecule has 0 N–H and O–H groups in total. The third kappa shape index (κ3) is 12.1. The zero-order valence-corrected chi connectivity index (χ0v) is 19.7. The summed E-state index contributed by atoms with van der Waals surface area (Å²) in [7, 11) is 0. The molecule has 2 heteroatoms. The lowest BCUT2D eigenvalue weighted by molar-refractivity contribution is 0.0749. The number of rotatable bonds is 18. The minimum absolute atomic E-state index is 0.226. The van der Waals surface area contributed by atoms with Crippen molar-refractivity contribution in [2.24, 2.45) is 0 Å². The van der Waals surface area contributed by atoms with Crippen molar-refractivity contribution < 1.29 is 4.79 Å². The Morgan fingerprint density at radius 2 is 1.03 bits per heavy atom. The average molecular weight is 402 g/mol. The minimum Gasteiger partial charge on any atom is -0.339 e. The summed E-state index contributed by atoms with van der Waals surface area (Å²) in [4.78, 5) is 15.2. The lowest BCUT2D eigenvalue weighted by Crippen LogP contribution is -2.33. The second kappa shape index (κ2) is 17.5. The first kappa shape index (κ1) is 25.7. The lowest BCUT2D eigenvalue weighted by Gasteiger charge is -2.23. The maximum Gasteiger partial charge on any atom is 0.253 e. The summed E-state index contributed by atoms with van der Waals surface area (Å²) in [5.41, 5.74) is 2.15. The summed E-state index contributed by atoms with van der Waals surface area (Å²) in [6, 6.07) is 8.24. The fraction of sp³-hybridized carbons (Fsp3) is 0.741. The fourth-order valence-corrected chi connectivity index (χ4v) is 3.90. The van der Waals surface area contributed by atoms with Crippen LogP contribution in [0.15, 0.2) is 24.3 Å². The molecule has 0 aliphatic rings. The van der Waals surface area contributed by atoms with Crippen molar-refractivity contribution in [1.82, 2.24) is 4.90 Å². The Morgan fingerprint density at radius 1 is 0.621 bits per heavy atom. The normalized spacial score (nSPS) is 11.0. The van der Waals surface area contributed by atoms with Gasteiger partial charge < -0.3 is 4.90 Å². The second-order valence-corrected chi connectivity index (χ2v) is 8.59. The molecule has 2 nitrogen and oxygen atoms in total. The van der Waals surface area contributed by atoms with Crippen LogP contribution in [0, 0.1) is 0 Å². The molecule has 0 saturated heterocycles. The zero-order valence-electron chi connectivity index (χ0n) is 19.7. The first-order chi connectivity index (χ1) is 14.2. The summed E-state index contributed by atoms with van der Waals surface area (Å²) in [6.07, 6.45) is 19.2. The van der Waals surface area contributed by atoms with Crippen LogP contribution in [0.25, 0.3) is 0 Å². The highest BCUT2D eigenvalue weighted by molar-refractivity contribution is 5.94. The van der Waals surface area contributed by atoms with Crippen molar-refractivity contribution in [3.63, 3.8) is 0 Å². The van der Waals surface area contributed by atoms with Crippen LogP contribution < -0.4 is 0 Å². The number of hydrogen-bond acceptors (Lipinski definition) is 1. The molecule has 166 valence electrons. The van der Waals surface area contributed by atoms with Gasteiger partial charge in [0.15, 0.2) is 0 Å². The van der Waals surface area contributed by atoms with Gasteiger partial charge in [-0.05, 0) is 37.0 Å². The van der Waals surface area contributed by atoms with Gasteiger partial charge in [0.2, 0.25) is 0 Å². The smallest absolute Gasteiger partial charge is 0.253 e. The summed E-state index contributed by atoms with van der Waals surface area (Å²) in [5, 5.41) is 0. The van der Waals surface area contributed by atoms with Crippen LogP contribution in [0.1, 0.15) is 127 Å². The largest absolute Gasteiger partial charge is 0.339 e. The molecular weight excluding hydrogens is 354 g/mol. The third-order valence-electron chi connectivity index (χ3n) is 5.96. The molecular formula is C27H47NO. The highest BCUT2D eigenvalue weighted by Crippen LogP contribution is 2.14. The molecule has 1 amide bonds. The SMILES string of the molecule is CCCCCCCCCN(CCCCCCCCC)C(=O)c1ccc(CC)cc1. The number of benzene rings is 1. The van der Waals surface area contributed by atoms with Crippen molar-refractivity contribution in [3.05, 3.63) is 35.4 Å². The molecule has 1 rings (SSSR count). The highest BCUT2D eigenvalue weighted by atomic mass is 16.2. The van der Waals surface area contributed by atoms with E-state index in [1.54, 1.807) is 0 Å². The van der Waals surface area contributed by atoms with Crippen molar-refractivity contribution in [1.29, 1.82) is 0 Å². The van der Waals surface area contributed by atoms with Gasteiger partial charge in [0.25, 0.3) is 5.91 Å². The summed E-state index contributed by atoms with van der Waals surface area (Å²) in [5.74, 6) is 0.226. The third-order valence-corrected chi connectivity index (χ3v) is 5.96. The summed E-state index contributed by atoms with van der Waals surface area (Å²) < 4.78 is 0. The topological polar surface area (TPSA) is 20.3 Å². The maximum absolute atomic E-state index is 13.1.